The Bertz CT molecular complexity index is 599. The van der Waals surface area contributed by atoms with Gasteiger partial charge in [0.2, 0.25) is 5.91 Å². The molecule has 1 saturated carbocycles. The summed E-state index contributed by atoms with van der Waals surface area (Å²) in [4.78, 5) is 24.2. The summed E-state index contributed by atoms with van der Waals surface area (Å²) in [6.07, 6.45) is 4.71. The van der Waals surface area contributed by atoms with Gasteiger partial charge in [0.25, 0.3) is 0 Å². The predicted molar refractivity (Wildman–Crippen MR) is 74.8 cm³/mol. The van der Waals surface area contributed by atoms with Gasteiger partial charge in [-0.1, -0.05) is 19.3 Å². The molecule has 6 heteroatoms. The summed E-state index contributed by atoms with van der Waals surface area (Å²) in [7, 11) is 0. The molecule has 0 spiro atoms. The number of nitriles is 1. The van der Waals surface area contributed by atoms with Crippen molar-refractivity contribution >= 4 is 11.7 Å². The van der Waals surface area contributed by atoms with E-state index in [1.165, 1.54) is 0 Å². The number of hydrogen-bond acceptors (Lipinski definition) is 3. The van der Waals surface area contributed by atoms with Gasteiger partial charge in [-0.2, -0.15) is 5.26 Å². The van der Waals surface area contributed by atoms with Crippen LogP contribution in [0.15, 0.2) is 18.2 Å². The van der Waals surface area contributed by atoms with Gasteiger partial charge < -0.3 is 5.32 Å². The monoisotopic (exact) mass is 306 g/mol. The average Bonchev–Trinajstić information content (AvgIpc) is 2.47. The number of ketones is 1. The summed E-state index contributed by atoms with van der Waals surface area (Å²) in [5, 5.41) is 11.8. The van der Waals surface area contributed by atoms with Gasteiger partial charge in [0, 0.05) is 17.7 Å². The summed E-state index contributed by atoms with van der Waals surface area (Å²) in [5.74, 6) is -5.04. The fraction of sp³-hybridized carbons (Fsp3) is 0.438. The molecule has 0 unspecified atom stereocenters. The molecule has 0 saturated heterocycles. The first-order valence-corrected chi connectivity index (χ1v) is 7.21. The van der Waals surface area contributed by atoms with Gasteiger partial charge >= 0.3 is 0 Å². The highest BCUT2D eigenvalue weighted by Gasteiger charge is 2.30. The van der Waals surface area contributed by atoms with E-state index < -0.39 is 29.2 Å². The zero-order valence-corrected chi connectivity index (χ0v) is 11.9. The molecule has 1 amide bonds. The molecule has 22 heavy (non-hydrogen) atoms. The second-order valence-electron chi connectivity index (χ2n) is 5.43. The lowest BCUT2D eigenvalue weighted by molar-refractivity contribution is -0.123. The summed E-state index contributed by atoms with van der Waals surface area (Å²) < 4.78 is 26.3. The molecule has 1 atom stereocenters. The van der Waals surface area contributed by atoms with Gasteiger partial charge in [-0.05, 0) is 25.0 Å². The van der Waals surface area contributed by atoms with E-state index in [-0.39, 0.29) is 11.6 Å². The van der Waals surface area contributed by atoms with Gasteiger partial charge in [0.15, 0.2) is 11.7 Å². The quantitative estimate of drug-likeness (QED) is 0.687. The molecule has 116 valence electrons. The first kappa shape index (κ1) is 16.1. The van der Waals surface area contributed by atoms with Crippen LogP contribution in [0.2, 0.25) is 0 Å². The highest BCUT2D eigenvalue weighted by atomic mass is 19.1. The second kappa shape index (κ2) is 7.12. The number of hydrogen-bond donors (Lipinski definition) is 1. The SMILES string of the molecule is N#C[C@H](C(=O)NC1CCCCC1)C(=O)c1cc(F)cc(F)c1. The van der Waals surface area contributed by atoms with E-state index >= 15 is 0 Å². The lowest BCUT2D eigenvalue weighted by Crippen LogP contribution is -2.42. The Balaban J connectivity index is 2.11. The van der Waals surface area contributed by atoms with E-state index in [9.17, 15) is 18.4 Å². The molecule has 1 aliphatic carbocycles. The van der Waals surface area contributed by atoms with Crippen molar-refractivity contribution in [3.05, 3.63) is 35.4 Å². The summed E-state index contributed by atoms with van der Waals surface area (Å²) in [5.41, 5.74) is -0.317. The number of nitrogens with zero attached hydrogens (tertiary/aromatic N) is 1. The average molecular weight is 306 g/mol. The maximum Gasteiger partial charge on any atom is 0.245 e. The Morgan fingerprint density at radius 3 is 2.27 bits per heavy atom. The molecule has 2 rings (SSSR count). The highest BCUT2D eigenvalue weighted by Crippen LogP contribution is 2.19. The van der Waals surface area contributed by atoms with Crippen molar-refractivity contribution in [3.8, 4) is 6.07 Å². The van der Waals surface area contributed by atoms with Crippen molar-refractivity contribution in [1.82, 2.24) is 5.32 Å². The Morgan fingerprint density at radius 1 is 1.14 bits per heavy atom. The summed E-state index contributed by atoms with van der Waals surface area (Å²) >= 11 is 0. The van der Waals surface area contributed by atoms with Crippen LogP contribution < -0.4 is 5.32 Å². The van der Waals surface area contributed by atoms with E-state index in [0.29, 0.717) is 6.07 Å². The van der Waals surface area contributed by atoms with E-state index in [1.807, 2.05) is 0 Å². The van der Waals surface area contributed by atoms with Crippen molar-refractivity contribution in [2.45, 2.75) is 38.1 Å². The standard InChI is InChI=1S/C16H16F2N2O2/c17-11-6-10(7-12(18)8-11)15(21)14(9-19)16(22)20-13-4-2-1-3-5-13/h6-8,13-14H,1-5H2,(H,20,22)/t14-/m0/s1. The first-order chi connectivity index (χ1) is 10.5. The van der Waals surface area contributed by atoms with E-state index in [2.05, 4.69) is 5.32 Å². The molecular weight excluding hydrogens is 290 g/mol. The minimum Gasteiger partial charge on any atom is -0.352 e. The number of amides is 1. The fourth-order valence-corrected chi connectivity index (χ4v) is 2.63. The third-order valence-electron chi connectivity index (χ3n) is 3.75. The second-order valence-corrected chi connectivity index (χ2v) is 5.43. The third-order valence-corrected chi connectivity index (χ3v) is 3.75. The molecule has 1 fully saturated rings. The van der Waals surface area contributed by atoms with Crippen LogP contribution >= 0.6 is 0 Å². The molecule has 0 heterocycles. The van der Waals surface area contributed by atoms with Crippen LogP contribution in [-0.2, 0) is 4.79 Å². The molecular formula is C16H16F2N2O2. The van der Waals surface area contributed by atoms with Crippen LogP contribution in [0.1, 0.15) is 42.5 Å². The molecule has 0 radical (unpaired) electrons. The van der Waals surface area contributed by atoms with Crippen LogP contribution in [0.3, 0.4) is 0 Å². The van der Waals surface area contributed by atoms with Crippen LogP contribution in [0.4, 0.5) is 8.78 Å². The van der Waals surface area contributed by atoms with E-state index in [4.69, 9.17) is 5.26 Å². The smallest absolute Gasteiger partial charge is 0.245 e. The number of halogens is 2. The summed E-state index contributed by atoms with van der Waals surface area (Å²) in [6.45, 7) is 0. The fourth-order valence-electron chi connectivity index (χ4n) is 2.63. The van der Waals surface area contributed by atoms with Gasteiger partial charge in [-0.3, -0.25) is 9.59 Å². The Labute approximate surface area is 127 Å². The van der Waals surface area contributed by atoms with Crippen molar-refractivity contribution < 1.29 is 18.4 Å². The third kappa shape index (κ3) is 3.88. The molecule has 0 aliphatic heterocycles. The molecule has 1 aromatic rings. The predicted octanol–water partition coefficient (Wildman–Crippen LogP) is 2.74. The zero-order valence-electron chi connectivity index (χ0n) is 11.9. The summed E-state index contributed by atoms with van der Waals surface area (Å²) in [6, 6.07) is 3.85. The number of carbonyl (C=O) groups is 2. The first-order valence-electron chi connectivity index (χ1n) is 7.21. The van der Waals surface area contributed by atoms with Crippen molar-refractivity contribution in [2.24, 2.45) is 5.92 Å². The van der Waals surface area contributed by atoms with Crippen molar-refractivity contribution in [1.29, 1.82) is 5.26 Å². The van der Waals surface area contributed by atoms with Crippen LogP contribution in [-0.4, -0.2) is 17.7 Å². The van der Waals surface area contributed by atoms with E-state index in [0.717, 1.165) is 44.2 Å². The highest BCUT2D eigenvalue weighted by molar-refractivity contribution is 6.12. The number of benzene rings is 1. The zero-order chi connectivity index (χ0) is 16.1. The minimum absolute atomic E-state index is 0.0471. The van der Waals surface area contributed by atoms with Crippen LogP contribution in [0.25, 0.3) is 0 Å². The number of carbonyl (C=O) groups excluding carboxylic acids is 2. The minimum atomic E-state index is -1.59. The van der Waals surface area contributed by atoms with Gasteiger partial charge in [-0.25, -0.2) is 8.78 Å². The Hall–Kier alpha value is -2.29. The molecule has 1 aromatic carbocycles. The largest absolute Gasteiger partial charge is 0.352 e. The number of nitrogens with one attached hydrogen (secondary N) is 1. The van der Waals surface area contributed by atoms with Crippen molar-refractivity contribution in [3.63, 3.8) is 0 Å². The van der Waals surface area contributed by atoms with Gasteiger partial charge in [0.05, 0.1) is 6.07 Å². The Morgan fingerprint density at radius 2 is 1.73 bits per heavy atom. The van der Waals surface area contributed by atoms with Gasteiger partial charge in [-0.15, -0.1) is 0 Å². The maximum absolute atomic E-state index is 13.2. The molecule has 0 bridgehead atoms. The topological polar surface area (TPSA) is 70.0 Å². The Kier molecular flexibility index (Phi) is 5.21. The van der Waals surface area contributed by atoms with E-state index in [1.54, 1.807) is 6.07 Å². The van der Waals surface area contributed by atoms with Crippen LogP contribution in [0, 0.1) is 28.9 Å². The molecule has 0 aromatic heterocycles. The van der Waals surface area contributed by atoms with Crippen LogP contribution in [0.5, 0.6) is 0 Å². The van der Waals surface area contributed by atoms with Crippen molar-refractivity contribution in [2.75, 3.05) is 0 Å². The molecule has 1 N–H and O–H groups in total. The van der Waals surface area contributed by atoms with Gasteiger partial charge in [0.1, 0.15) is 11.6 Å². The maximum atomic E-state index is 13.2. The lowest BCUT2D eigenvalue weighted by Gasteiger charge is -2.23. The normalized spacial score (nSPS) is 16.6. The number of Topliss-reactive ketones (excluding diaryl/α,β-unsaturated/α-hetero) is 1. The molecule has 4 nitrogen and oxygen atoms in total. The lowest BCUT2D eigenvalue weighted by atomic mass is 9.93. The molecule has 1 aliphatic rings. The number of rotatable bonds is 4.